The molecule has 1 heterocycles. The smallest absolute Gasteiger partial charge is 0.325 e. The molecule has 0 radical (unpaired) electrons. The van der Waals surface area contributed by atoms with Crippen LogP contribution in [0.25, 0.3) is 0 Å². The monoisotopic (exact) mass is 212 g/mol. The Balaban J connectivity index is 2.62. The molecule has 1 aromatic rings. The molecule has 0 fully saturated rings. The van der Waals surface area contributed by atoms with Gasteiger partial charge in [0.15, 0.2) is 0 Å². The van der Waals surface area contributed by atoms with Crippen molar-refractivity contribution < 1.29 is 18.7 Å². The van der Waals surface area contributed by atoms with Crippen LogP contribution in [-0.4, -0.2) is 30.5 Å². The second-order valence-corrected chi connectivity index (χ2v) is 2.60. The maximum absolute atomic E-state index is 13.0. The first-order chi connectivity index (χ1) is 7.15. The Kier molecular flexibility index (Phi) is 3.73. The molecule has 1 rings (SSSR count). The Morgan fingerprint density at radius 1 is 1.60 bits per heavy atom. The van der Waals surface area contributed by atoms with Gasteiger partial charge in [0.25, 0.3) is 5.91 Å². The summed E-state index contributed by atoms with van der Waals surface area (Å²) in [5, 5.41) is 2.20. The second-order valence-electron chi connectivity index (χ2n) is 2.60. The highest BCUT2D eigenvalue weighted by atomic mass is 19.1. The number of pyridine rings is 1. The van der Waals surface area contributed by atoms with Crippen molar-refractivity contribution in [2.75, 3.05) is 13.7 Å². The van der Waals surface area contributed by atoms with Gasteiger partial charge in [0.2, 0.25) is 5.95 Å². The number of hydrogen-bond donors (Lipinski definition) is 1. The third kappa shape index (κ3) is 3.01. The Morgan fingerprint density at radius 3 is 2.93 bits per heavy atom. The zero-order valence-corrected chi connectivity index (χ0v) is 7.99. The molecule has 80 valence electrons. The number of nitrogens with one attached hydrogen (secondary N) is 1. The van der Waals surface area contributed by atoms with Gasteiger partial charge in [0, 0.05) is 6.20 Å². The van der Waals surface area contributed by atoms with Crippen LogP contribution in [-0.2, 0) is 9.53 Å². The molecular formula is C9H9FN2O3. The Hall–Kier alpha value is -1.98. The number of halogens is 1. The van der Waals surface area contributed by atoms with Crippen molar-refractivity contribution in [3.05, 3.63) is 29.8 Å². The minimum absolute atomic E-state index is 0.207. The zero-order chi connectivity index (χ0) is 11.3. The van der Waals surface area contributed by atoms with Gasteiger partial charge >= 0.3 is 5.97 Å². The van der Waals surface area contributed by atoms with Crippen LogP contribution in [0.5, 0.6) is 0 Å². The highest BCUT2D eigenvalue weighted by molar-refractivity contribution is 5.95. The van der Waals surface area contributed by atoms with E-state index in [-0.39, 0.29) is 12.1 Å². The van der Waals surface area contributed by atoms with Crippen LogP contribution in [0.4, 0.5) is 4.39 Å². The molecule has 0 spiro atoms. The van der Waals surface area contributed by atoms with E-state index in [0.717, 1.165) is 0 Å². The molecule has 1 amide bonds. The van der Waals surface area contributed by atoms with Gasteiger partial charge in [0.05, 0.1) is 12.7 Å². The fourth-order valence-electron chi connectivity index (χ4n) is 0.875. The third-order valence-corrected chi connectivity index (χ3v) is 1.62. The molecule has 0 aliphatic heterocycles. The third-order valence-electron chi connectivity index (χ3n) is 1.62. The number of aromatic nitrogens is 1. The average Bonchev–Trinajstić information content (AvgIpc) is 2.26. The lowest BCUT2D eigenvalue weighted by Gasteiger charge is -2.03. The van der Waals surface area contributed by atoms with E-state index in [9.17, 15) is 14.0 Å². The van der Waals surface area contributed by atoms with Gasteiger partial charge < -0.3 is 10.1 Å². The lowest BCUT2D eigenvalue weighted by Crippen LogP contribution is -2.30. The van der Waals surface area contributed by atoms with E-state index in [0.29, 0.717) is 0 Å². The van der Waals surface area contributed by atoms with Crippen molar-refractivity contribution in [2.24, 2.45) is 0 Å². The van der Waals surface area contributed by atoms with Crippen LogP contribution in [0.1, 0.15) is 10.4 Å². The van der Waals surface area contributed by atoms with Gasteiger partial charge in [-0.2, -0.15) is 4.39 Å². The number of rotatable bonds is 3. The van der Waals surface area contributed by atoms with E-state index in [2.05, 4.69) is 15.0 Å². The van der Waals surface area contributed by atoms with Crippen LogP contribution in [0.15, 0.2) is 18.3 Å². The summed E-state index contributed by atoms with van der Waals surface area (Å²) in [6.45, 7) is -0.302. The molecule has 0 bridgehead atoms. The van der Waals surface area contributed by atoms with E-state index in [1.54, 1.807) is 0 Å². The Morgan fingerprint density at radius 2 is 2.33 bits per heavy atom. The first kappa shape index (κ1) is 11.1. The summed E-state index contributed by atoms with van der Waals surface area (Å²) in [4.78, 5) is 25.3. The maximum Gasteiger partial charge on any atom is 0.325 e. The minimum Gasteiger partial charge on any atom is -0.468 e. The molecule has 0 atom stereocenters. The fraction of sp³-hybridized carbons (Fsp3) is 0.222. The predicted molar refractivity (Wildman–Crippen MR) is 48.5 cm³/mol. The van der Waals surface area contributed by atoms with Gasteiger partial charge in [-0.25, -0.2) is 4.98 Å². The summed E-state index contributed by atoms with van der Waals surface area (Å²) >= 11 is 0. The topological polar surface area (TPSA) is 68.3 Å². The van der Waals surface area contributed by atoms with Gasteiger partial charge in [-0.15, -0.1) is 0 Å². The second kappa shape index (κ2) is 5.04. The summed E-state index contributed by atoms with van der Waals surface area (Å²) in [5.41, 5.74) is -0.207. The standard InChI is InChI=1S/C9H9FN2O3/c1-15-7(13)5-12-9(14)6-3-2-4-11-8(6)10/h2-4H,5H2,1H3,(H,12,14). The molecule has 6 heteroatoms. The Labute approximate surface area is 85.3 Å². The summed E-state index contributed by atoms with van der Waals surface area (Å²) in [5.74, 6) is -2.18. The normalized spacial score (nSPS) is 9.47. The SMILES string of the molecule is COC(=O)CNC(=O)c1cccnc1F. The number of methoxy groups -OCH3 is 1. The van der Waals surface area contributed by atoms with Crippen molar-refractivity contribution in [1.82, 2.24) is 10.3 Å². The van der Waals surface area contributed by atoms with E-state index < -0.39 is 17.8 Å². The van der Waals surface area contributed by atoms with E-state index in [4.69, 9.17) is 0 Å². The zero-order valence-electron chi connectivity index (χ0n) is 7.99. The number of esters is 1. The summed E-state index contributed by atoms with van der Waals surface area (Å²) in [6.07, 6.45) is 1.23. The highest BCUT2D eigenvalue weighted by Gasteiger charge is 2.12. The molecule has 15 heavy (non-hydrogen) atoms. The van der Waals surface area contributed by atoms with Gasteiger partial charge in [-0.05, 0) is 12.1 Å². The summed E-state index contributed by atoms with van der Waals surface area (Å²) in [7, 11) is 1.19. The van der Waals surface area contributed by atoms with Crippen molar-refractivity contribution in [3.63, 3.8) is 0 Å². The molecule has 0 unspecified atom stereocenters. The first-order valence-electron chi connectivity index (χ1n) is 4.10. The molecular weight excluding hydrogens is 203 g/mol. The minimum atomic E-state index is -0.875. The molecule has 0 aliphatic carbocycles. The number of amides is 1. The molecule has 0 aromatic carbocycles. The van der Waals surface area contributed by atoms with Crippen LogP contribution in [0.2, 0.25) is 0 Å². The van der Waals surface area contributed by atoms with Crippen LogP contribution < -0.4 is 5.32 Å². The van der Waals surface area contributed by atoms with Crippen LogP contribution in [0, 0.1) is 5.95 Å². The predicted octanol–water partition coefficient (Wildman–Crippen LogP) is 0.123. The van der Waals surface area contributed by atoms with E-state index in [1.807, 2.05) is 0 Å². The van der Waals surface area contributed by atoms with Gasteiger partial charge in [-0.3, -0.25) is 9.59 Å². The van der Waals surface area contributed by atoms with Crippen molar-refractivity contribution in [3.8, 4) is 0 Å². The van der Waals surface area contributed by atoms with Gasteiger partial charge in [-0.1, -0.05) is 0 Å². The van der Waals surface area contributed by atoms with E-state index in [1.165, 1.54) is 25.4 Å². The molecule has 5 nitrogen and oxygen atoms in total. The van der Waals surface area contributed by atoms with Crippen molar-refractivity contribution >= 4 is 11.9 Å². The fourth-order valence-corrected chi connectivity index (χ4v) is 0.875. The van der Waals surface area contributed by atoms with Crippen molar-refractivity contribution in [1.29, 1.82) is 0 Å². The molecule has 0 saturated heterocycles. The lowest BCUT2D eigenvalue weighted by atomic mass is 10.2. The quantitative estimate of drug-likeness (QED) is 0.571. The van der Waals surface area contributed by atoms with Crippen LogP contribution >= 0.6 is 0 Å². The molecule has 0 saturated carbocycles. The molecule has 1 N–H and O–H groups in total. The average molecular weight is 212 g/mol. The maximum atomic E-state index is 13.0. The first-order valence-corrected chi connectivity index (χ1v) is 4.10. The molecule has 0 aliphatic rings. The summed E-state index contributed by atoms with van der Waals surface area (Å²) in [6, 6.07) is 2.70. The number of carbonyl (C=O) groups excluding carboxylic acids is 2. The number of hydrogen-bond acceptors (Lipinski definition) is 4. The molecule has 1 aromatic heterocycles. The lowest BCUT2D eigenvalue weighted by molar-refractivity contribution is -0.139. The Bertz CT molecular complexity index is 381. The van der Waals surface area contributed by atoms with E-state index >= 15 is 0 Å². The largest absolute Gasteiger partial charge is 0.468 e. The number of carbonyl (C=O) groups is 2. The van der Waals surface area contributed by atoms with Gasteiger partial charge in [0.1, 0.15) is 6.54 Å². The number of ether oxygens (including phenoxy) is 1. The summed E-state index contributed by atoms with van der Waals surface area (Å²) < 4.78 is 17.3. The number of nitrogens with zero attached hydrogens (tertiary/aromatic N) is 1. The highest BCUT2D eigenvalue weighted by Crippen LogP contribution is 2.01. The van der Waals surface area contributed by atoms with Crippen molar-refractivity contribution in [2.45, 2.75) is 0 Å². The van der Waals surface area contributed by atoms with Crippen LogP contribution in [0.3, 0.4) is 0 Å².